The van der Waals surface area contributed by atoms with E-state index in [0.29, 0.717) is 22.8 Å². The number of nitrogens with one attached hydrogen (secondary N) is 2. The largest absolute Gasteiger partial charge is 0.326 e. The fourth-order valence-corrected chi connectivity index (χ4v) is 5.58. The third-order valence-electron chi connectivity index (χ3n) is 3.47. The lowest BCUT2D eigenvalue weighted by Crippen LogP contribution is -2.12. The van der Waals surface area contributed by atoms with Crippen LogP contribution in [0.3, 0.4) is 0 Å². The number of rotatable bonds is 7. The van der Waals surface area contributed by atoms with Gasteiger partial charge in [0.05, 0.1) is 10.7 Å². The molecule has 23 heavy (non-hydrogen) atoms. The molecule has 7 heteroatoms. The third-order valence-corrected chi connectivity index (χ3v) is 6.79. The summed E-state index contributed by atoms with van der Waals surface area (Å²) in [6.07, 6.45) is 5.01. The Morgan fingerprint density at radius 2 is 2.13 bits per heavy atom. The van der Waals surface area contributed by atoms with E-state index in [0.717, 1.165) is 18.1 Å². The fourth-order valence-electron chi connectivity index (χ4n) is 2.33. The van der Waals surface area contributed by atoms with Crippen molar-refractivity contribution < 1.29 is 9.59 Å². The average Bonchev–Trinajstić information content (AvgIpc) is 2.99. The van der Waals surface area contributed by atoms with E-state index in [9.17, 15) is 9.59 Å². The maximum Gasteiger partial charge on any atom is 0.224 e. The van der Waals surface area contributed by atoms with Crippen molar-refractivity contribution in [2.75, 3.05) is 16.4 Å². The quantitative estimate of drug-likeness (QED) is 0.525. The fraction of sp³-hybridized carbons (Fsp3) is 0.500. The van der Waals surface area contributed by atoms with Gasteiger partial charge in [0.2, 0.25) is 11.8 Å². The summed E-state index contributed by atoms with van der Waals surface area (Å²) in [5, 5.41) is 6.66. The lowest BCUT2D eigenvalue weighted by atomic mass is 10.1. The number of unbranched alkanes of at least 4 members (excludes halogenated alkanes) is 1. The van der Waals surface area contributed by atoms with Gasteiger partial charge in [0, 0.05) is 30.0 Å². The van der Waals surface area contributed by atoms with E-state index in [4.69, 9.17) is 11.6 Å². The van der Waals surface area contributed by atoms with E-state index >= 15 is 0 Å². The molecule has 0 aliphatic carbocycles. The molecule has 1 saturated heterocycles. The molecule has 2 N–H and O–H groups in total. The highest BCUT2D eigenvalue weighted by Crippen LogP contribution is 2.39. The molecule has 1 aliphatic rings. The zero-order valence-corrected chi connectivity index (χ0v) is 15.5. The molecule has 2 rings (SSSR count). The zero-order valence-electron chi connectivity index (χ0n) is 13.1. The van der Waals surface area contributed by atoms with Crippen molar-refractivity contribution >= 4 is 56.4 Å². The molecular weight excluding hydrogens is 352 g/mol. The zero-order chi connectivity index (χ0) is 16.7. The smallest absolute Gasteiger partial charge is 0.224 e. The van der Waals surface area contributed by atoms with Crippen LogP contribution in [0.2, 0.25) is 5.02 Å². The van der Waals surface area contributed by atoms with Crippen LogP contribution in [0.25, 0.3) is 0 Å². The lowest BCUT2D eigenvalue weighted by molar-refractivity contribution is -0.116. The van der Waals surface area contributed by atoms with Crippen molar-refractivity contribution in [3.63, 3.8) is 0 Å². The van der Waals surface area contributed by atoms with Crippen LogP contribution in [-0.4, -0.2) is 22.8 Å². The Bertz CT molecular complexity index is 563. The SMILES string of the molecule is CC(=O)Nc1ccc(NC(=O)CCCCC2CCSS2)cc1Cl. The minimum atomic E-state index is -0.178. The van der Waals surface area contributed by atoms with Gasteiger partial charge in [-0.05, 0) is 37.5 Å². The molecule has 0 spiro atoms. The van der Waals surface area contributed by atoms with Crippen molar-refractivity contribution in [3.8, 4) is 0 Å². The molecule has 1 aromatic rings. The number of benzene rings is 1. The van der Waals surface area contributed by atoms with Gasteiger partial charge in [-0.25, -0.2) is 0 Å². The molecule has 0 saturated carbocycles. The van der Waals surface area contributed by atoms with Crippen LogP contribution in [0.5, 0.6) is 0 Å². The summed E-state index contributed by atoms with van der Waals surface area (Å²) < 4.78 is 0. The summed E-state index contributed by atoms with van der Waals surface area (Å²) in [7, 11) is 3.94. The van der Waals surface area contributed by atoms with Gasteiger partial charge in [0.25, 0.3) is 0 Å². The molecule has 1 aromatic carbocycles. The van der Waals surface area contributed by atoms with Gasteiger partial charge >= 0.3 is 0 Å². The molecule has 0 aromatic heterocycles. The van der Waals surface area contributed by atoms with Crippen LogP contribution in [-0.2, 0) is 9.59 Å². The highest BCUT2D eigenvalue weighted by molar-refractivity contribution is 8.77. The number of hydrogen-bond donors (Lipinski definition) is 2. The van der Waals surface area contributed by atoms with Gasteiger partial charge in [-0.3, -0.25) is 9.59 Å². The standard InChI is InChI=1S/C16H21ClN2O2S2/c1-11(20)18-15-7-6-12(10-14(15)17)19-16(21)5-3-2-4-13-8-9-22-23-13/h6-7,10,13H,2-5,8-9H2,1H3,(H,18,20)(H,19,21). The Balaban J connectivity index is 1.71. The minimum Gasteiger partial charge on any atom is -0.326 e. The van der Waals surface area contributed by atoms with E-state index in [2.05, 4.69) is 10.6 Å². The Morgan fingerprint density at radius 1 is 1.30 bits per heavy atom. The van der Waals surface area contributed by atoms with Crippen molar-refractivity contribution in [1.82, 2.24) is 0 Å². The van der Waals surface area contributed by atoms with E-state index in [1.54, 1.807) is 18.2 Å². The summed E-state index contributed by atoms with van der Waals surface area (Å²) in [4.78, 5) is 23.0. The van der Waals surface area contributed by atoms with Crippen LogP contribution in [0, 0.1) is 0 Å². The predicted molar refractivity (Wildman–Crippen MR) is 101 cm³/mol. The number of hydrogen-bond acceptors (Lipinski definition) is 4. The molecule has 1 aliphatic heterocycles. The van der Waals surface area contributed by atoms with E-state index in [1.807, 2.05) is 21.6 Å². The van der Waals surface area contributed by atoms with Crippen molar-refractivity contribution in [3.05, 3.63) is 23.2 Å². The molecule has 2 amide bonds. The van der Waals surface area contributed by atoms with E-state index < -0.39 is 0 Å². The van der Waals surface area contributed by atoms with E-state index in [-0.39, 0.29) is 11.8 Å². The summed E-state index contributed by atoms with van der Waals surface area (Å²) in [6, 6.07) is 5.08. The Kier molecular flexibility index (Phi) is 7.59. The first-order valence-corrected chi connectivity index (χ1v) is 10.5. The Labute approximate surface area is 149 Å². The van der Waals surface area contributed by atoms with Gasteiger partial charge in [0.15, 0.2) is 0 Å². The second-order valence-corrected chi connectivity index (χ2v) is 8.69. The highest BCUT2D eigenvalue weighted by atomic mass is 35.5. The van der Waals surface area contributed by atoms with Crippen LogP contribution in [0.4, 0.5) is 11.4 Å². The second kappa shape index (κ2) is 9.45. The number of carbonyl (C=O) groups excluding carboxylic acids is 2. The number of amides is 2. The van der Waals surface area contributed by atoms with Crippen molar-refractivity contribution in [1.29, 1.82) is 0 Å². The summed E-state index contributed by atoms with van der Waals surface area (Å²) in [5.74, 6) is 1.08. The molecule has 1 heterocycles. The molecule has 0 bridgehead atoms. The first kappa shape index (κ1) is 18.5. The second-order valence-electron chi connectivity index (χ2n) is 5.50. The number of carbonyl (C=O) groups is 2. The highest BCUT2D eigenvalue weighted by Gasteiger charge is 2.15. The van der Waals surface area contributed by atoms with Gasteiger partial charge in [-0.2, -0.15) is 0 Å². The monoisotopic (exact) mass is 372 g/mol. The van der Waals surface area contributed by atoms with Gasteiger partial charge < -0.3 is 10.6 Å². The van der Waals surface area contributed by atoms with Crippen LogP contribution in [0.1, 0.15) is 39.0 Å². The normalized spacial score (nSPS) is 17.0. The Morgan fingerprint density at radius 3 is 2.78 bits per heavy atom. The predicted octanol–water partition coefficient (Wildman–Crippen LogP) is 4.95. The lowest BCUT2D eigenvalue weighted by Gasteiger charge is -2.10. The van der Waals surface area contributed by atoms with E-state index in [1.165, 1.54) is 25.5 Å². The molecular formula is C16H21ClN2O2S2. The minimum absolute atomic E-state index is 0.00166. The summed E-state index contributed by atoms with van der Waals surface area (Å²) >= 11 is 6.09. The molecule has 0 radical (unpaired) electrons. The molecule has 1 unspecified atom stereocenters. The van der Waals surface area contributed by atoms with Crippen LogP contribution in [0.15, 0.2) is 18.2 Å². The third kappa shape index (κ3) is 6.65. The first-order chi connectivity index (χ1) is 11.0. The molecule has 4 nitrogen and oxygen atoms in total. The molecule has 1 atom stereocenters. The van der Waals surface area contributed by atoms with Gasteiger partial charge in [0.1, 0.15) is 0 Å². The first-order valence-electron chi connectivity index (χ1n) is 7.70. The number of anilines is 2. The van der Waals surface area contributed by atoms with Crippen LogP contribution >= 0.6 is 33.2 Å². The molecule has 126 valence electrons. The van der Waals surface area contributed by atoms with Gasteiger partial charge in [-0.1, -0.05) is 39.6 Å². The summed E-state index contributed by atoms with van der Waals surface area (Å²) in [6.45, 7) is 1.43. The topological polar surface area (TPSA) is 58.2 Å². The maximum atomic E-state index is 11.9. The van der Waals surface area contributed by atoms with Crippen molar-refractivity contribution in [2.45, 2.75) is 44.3 Å². The average molecular weight is 373 g/mol. The molecule has 1 fully saturated rings. The number of halogens is 1. The van der Waals surface area contributed by atoms with Crippen LogP contribution < -0.4 is 10.6 Å². The summed E-state index contributed by atoms with van der Waals surface area (Å²) in [5.41, 5.74) is 1.20. The maximum absolute atomic E-state index is 11.9. The van der Waals surface area contributed by atoms with Gasteiger partial charge in [-0.15, -0.1) is 0 Å². The Hall–Kier alpha value is -0.850. The van der Waals surface area contributed by atoms with Crippen molar-refractivity contribution in [2.24, 2.45) is 0 Å².